The van der Waals surface area contributed by atoms with Crippen LogP contribution >= 0.6 is 11.6 Å². The highest BCUT2D eigenvalue weighted by Crippen LogP contribution is 2.33. The van der Waals surface area contributed by atoms with E-state index >= 15 is 0 Å². The van der Waals surface area contributed by atoms with Gasteiger partial charge in [0.2, 0.25) is 0 Å². The predicted octanol–water partition coefficient (Wildman–Crippen LogP) is 4.35. The topological polar surface area (TPSA) is 54.0 Å². The summed E-state index contributed by atoms with van der Waals surface area (Å²) in [4.78, 5) is 16.9. The fourth-order valence-electron chi connectivity index (χ4n) is 4.08. The minimum atomic E-state index is -0.0956. The molecule has 6 nitrogen and oxygen atoms in total. The van der Waals surface area contributed by atoms with Crippen LogP contribution in [0.4, 0.5) is 5.69 Å². The van der Waals surface area contributed by atoms with Crippen LogP contribution < -0.4 is 10.2 Å². The summed E-state index contributed by atoms with van der Waals surface area (Å²) in [5, 5.41) is 3.47. The Hall–Kier alpha value is -2.12. The van der Waals surface area contributed by atoms with Crippen molar-refractivity contribution in [3.05, 3.63) is 64.7 Å². The smallest absolute Gasteiger partial charge is 0.251 e. The van der Waals surface area contributed by atoms with E-state index in [0.29, 0.717) is 23.9 Å². The molecule has 7 heteroatoms. The molecule has 0 radical (unpaired) electrons. The van der Waals surface area contributed by atoms with Crippen LogP contribution in [0.25, 0.3) is 0 Å². The summed E-state index contributed by atoms with van der Waals surface area (Å²) in [7, 11) is 3.71. The molecule has 0 bridgehead atoms. The van der Waals surface area contributed by atoms with Gasteiger partial charge in [0.05, 0.1) is 22.9 Å². The Morgan fingerprint density at radius 3 is 2.75 bits per heavy atom. The second kappa shape index (κ2) is 12.2. The number of amides is 1. The summed E-state index contributed by atoms with van der Waals surface area (Å²) in [5.74, 6) is -0.0956. The van der Waals surface area contributed by atoms with Gasteiger partial charge in [-0.05, 0) is 36.6 Å². The predicted molar refractivity (Wildman–Crippen MR) is 129 cm³/mol. The van der Waals surface area contributed by atoms with Crippen LogP contribution in [0, 0.1) is 0 Å². The average Bonchev–Trinajstić information content (AvgIpc) is 3.27. The lowest BCUT2D eigenvalue weighted by atomic mass is 10.0. The average molecular weight is 460 g/mol. The van der Waals surface area contributed by atoms with Gasteiger partial charge in [0.1, 0.15) is 6.79 Å². The van der Waals surface area contributed by atoms with Gasteiger partial charge in [-0.3, -0.25) is 9.69 Å². The number of hydrogen-bond acceptors (Lipinski definition) is 5. The van der Waals surface area contributed by atoms with Crippen molar-refractivity contribution in [2.45, 2.75) is 31.9 Å². The van der Waals surface area contributed by atoms with Crippen LogP contribution in [0.5, 0.6) is 0 Å². The number of anilines is 1. The van der Waals surface area contributed by atoms with Gasteiger partial charge in [-0.1, -0.05) is 48.9 Å². The van der Waals surface area contributed by atoms with Crippen LogP contribution in [-0.4, -0.2) is 64.0 Å². The van der Waals surface area contributed by atoms with Gasteiger partial charge in [0.25, 0.3) is 5.91 Å². The molecule has 0 unspecified atom stereocenters. The zero-order chi connectivity index (χ0) is 22.9. The molecule has 1 amide bonds. The number of nitrogens with one attached hydrogen (secondary N) is 1. The van der Waals surface area contributed by atoms with Gasteiger partial charge in [-0.25, -0.2) is 0 Å². The monoisotopic (exact) mass is 459 g/mol. The second-order valence-corrected chi connectivity index (χ2v) is 8.61. The lowest BCUT2D eigenvalue weighted by molar-refractivity contribution is -0.0671. The van der Waals surface area contributed by atoms with Crippen molar-refractivity contribution >= 4 is 23.2 Å². The third kappa shape index (κ3) is 6.45. The SMILES string of the molecule is CCCNC(=O)c1ccc(N(C)[C@H](CN2CC[C@H](OCOC)C2)c2ccccc2)c(Cl)c1. The van der Waals surface area contributed by atoms with Crippen molar-refractivity contribution < 1.29 is 14.3 Å². The molecule has 1 fully saturated rings. The molecule has 1 saturated heterocycles. The largest absolute Gasteiger partial charge is 0.365 e. The van der Waals surface area contributed by atoms with Gasteiger partial charge in [-0.2, -0.15) is 0 Å². The van der Waals surface area contributed by atoms with Crippen molar-refractivity contribution in [3.63, 3.8) is 0 Å². The number of likely N-dealkylation sites (N-methyl/N-ethyl adjacent to an activating group) is 1. The number of carbonyl (C=O) groups is 1. The number of nitrogens with zero attached hydrogens (tertiary/aromatic N) is 2. The molecule has 1 aliphatic heterocycles. The van der Waals surface area contributed by atoms with E-state index < -0.39 is 0 Å². The summed E-state index contributed by atoms with van der Waals surface area (Å²) in [6, 6.07) is 16.1. The molecule has 2 aromatic carbocycles. The maximum atomic E-state index is 12.3. The highest BCUT2D eigenvalue weighted by Gasteiger charge is 2.28. The summed E-state index contributed by atoms with van der Waals surface area (Å²) in [6.45, 7) is 5.72. The van der Waals surface area contributed by atoms with Crippen molar-refractivity contribution in [1.29, 1.82) is 0 Å². The summed E-state index contributed by atoms with van der Waals surface area (Å²) < 4.78 is 10.8. The Balaban J connectivity index is 1.77. The summed E-state index contributed by atoms with van der Waals surface area (Å²) >= 11 is 6.66. The Morgan fingerprint density at radius 2 is 2.06 bits per heavy atom. The molecule has 1 heterocycles. The Labute approximate surface area is 196 Å². The van der Waals surface area contributed by atoms with Crippen LogP contribution in [0.1, 0.15) is 41.7 Å². The quantitative estimate of drug-likeness (QED) is 0.506. The van der Waals surface area contributed by atoms with E-state index in [1.807, 2.05) is 25.1 Å². The summed E-state index contributed by atoms with van der Waals surface area (Å²) in [6.07, 6.45) is 2.09. The van der Waals surface area contributed by atoms with Crippen LogP contribution in [0.3, 0.4) is 0 Å². The van der Waals surface area contributed by atoms with Crippen molar-refractivity contribution in [3.8, 4) is 0 Å². The third-order valence-corrected chi connectivity index (χ3v) is 6.16. The van der Waals surface area contributed by atoms with Gasteiger partial charge >= 0.3 is 0 Å². The van der Waals surface area contributed by atoms with E-state index in [9.17, 15) is 4.79 Å². The van der Waals surface area contributed by atoms with Crippen LogP contribution in [-0.2, 0) is 9.47 Å². The zero-order valence-corrected chi connectivity index (χ0v) is 20.0. The Morgan fingerprint density at radius 1 is 1.28 bits per heavy atom. The molecular formula is C25H34ClN3O3. The number of benzene rings is 2. The number of hydrogen-bond donors (Lipinski definition) is 1. The molecule has 0 aliphatic carbocycles. The Kier molecular flexibility index (Phi) is 9.36. The first-order valence-electron chi connectivity index (χ1n) is 11.2. The zero-order valence-electron chi connectivity index (χ0n) is 19.2. The minimum Gasteiger partial charge on any atom is -0.365 e. The van der Waals surface area contributed by atoms with Crippen molar-refractivity contribution in [2.24, 2.45) is 0 Å². The van der Waals surface area contributed by atoms with E-state index in [1.165, 1.54) is 5.56 Å². The van der Waals surface area contributed by atoms with E-state index in [0.717, 1.165) is 38.2 Å². The first-order valence-corrected chi connectivity index (χ1v) is 11.6. The molecular weight excluding hydrogens is 426 g/mol. The summed E-state index contributed by atoms with van der Waals surface area (Å²) in [5.41, 5.74) is 2.70. The van der Waals surface area contributed by atoms with Crippen molar-refractivity contribution in [2.75, 3.05) is 52.0 Å². The lowest BCUT2D eigenvalue weighted by Crippen LogP contribution is -2.36. The first-order chi connectivity index (χ1) is 15.5. The first kappa shape index (κ1) is 24.5. The normalized spacial score (nSPS) is 17.3. The number of methoxy groups -OCH3 is 1. The molecule has 174 valence electrons. The van der Waals surface area contributed by atoms with Gasteiger partial charge in [0.15, 0.2) is 0 Å². The highest BCUT2D eigenvalue weighted by molar-refractivity contribution is 6.33. The molecule has 0 saturated carbocycles. The van der Waals surface area contributed by atoms with Crippen LogP contribution in [0.15, 0.2) is 48.5 Å². The molecule has 3 rings (SSSR count). The lowest BCUT2D eigenvalue weighted by Gasteiger charge is -2.34. The fourth-order valence-corrected chi connectivity index (χ4v) is 4.39. The maximum Gasteiger partial charge on any atom is 0.251 e. The molecule has 0 spiro atoms. The number of ether oxygens (including phenoxy) is 2. The van der Waals surface area contributed by atoms with E-state index in [4.69, 9.17) is 21.1 Å². The Bertz CT molecular complexity index is 865. The highest BCUT2D eigenvalue weighted by atomic mass is 35.5. The van der Waals surface area contributed by atoms with Gasteiger partial charge < -0.3 is 19.7 Å². The molecule has 32 heavy (non-hydrogen) atoms. The van der Waals surface area contributed by atoms with Crippen LogP contribution in [0.2, 0.25) is 5.02 Å². The number of likely N-dealkylation sites (tertiary alicyclic amines) is 1. The van der Waals surface area contributed by atoms with Gasteiger partial charge in [0, 0.05) is 45.9 Å². The molecule has 1 N–H and O–H groups in total. The molecule has 2 atom stereocenters. The third-order valence-electron chi connectivity index (χ3n) is 5.86. The molecule has 2 aromatic rings. The van der Waals surface area contributed by atoms with E-state index in [-0.39, 0.29) is 18.1 Å². The number of halogens is 1. The number of carbonyl (C=O) groups excluding carboxylic acids is 1. The standard InChI is InChI=1S/C25H34ClN3O3/c1-4-13-27-25(30)20-10-11-23(22(26)15-20)28(2)24(19-8-6-5-7-9-19)17-29-14-12-21(16-29)32-18-31-3/h5-11,15,21,24H,4,12-14,16-18H2,1-3H3,(H,27,30)/t21-,24+/m0/s1. The number of rotatable bonds is 11. The minimum absolute atomic E-state index is 0.0956. The second-order valence-electron chi connectivity index (χ2n) is 8.20. The van der Waals surface area contributed by atoms with E-state index in [1.54, 1.807) is 13.2 Å². The van der Waals surface area contributed by atoms with Gasteiger partial charge in [-0.15, -0.1) is 0 Å². The maximum absolute atomic E-state index is 12.3. The van der Waals surface area contributed by atoms with E-state index in [2.05, 4.69) is 46.4 Å². The van der Waals surface area contributed by atoms with Crippen molar-refractivity contribution in [1.82, 2.24) is 10.2 Å². The fraction of sp³-hybridized carbons (Fsp3) is 0.480. The molecule has 0 aromatic heterocycles. The molecule has 1 aliphatic rings.